The quantitative estimate of drug-likeness (QED) is 0.594. The molecule has 2 aromatic rings. The van der Waals surface area contributed by atoms with Crippen LogP contribution < -0.4 is 9.04 Å². The van der Waals surface area contributed by atoms with E-state index in [1.54, 1.807) is 24.3 Å². The molecule has 164 valence electrons. The zero-order chi connectivity index (χ0) is 21.9. The largest absolute Gasteiger partial charge is 0.491 e. The number of hydrogen-bond donors (Lipinski definition) is 2. The second-order valence-corrected chi connectivity index (χ2v) is 9.63. The molecule has 1 heterocycles. The van der Waals surface area contributed by atoms with E-state index in [0.29, 0.717) is 23.9 Å². The fourth-order valence-corrected chi connectivity index (χ4v) is 4.61. The van der Waals surface area contributed by atoms with Gasteiger partial charge in [-0.25, -0.2) is 4.21 Å². The highest BCUT2D eigenvalue weighted by atomic mass is 35.5. The van der Waals surface area contributed by atoms with Crippen LogP contribution in [-0.2, 0) is 11.3 Å². The number of aliphatic hydroxyl groups is 1. The van der Waals surface area contributed by atoms with Crippen molar-refractivity contribution >= 4 is 28.6 Å². The number of aliphatic hydroxyl groups excluding tert-OH is 1. The standard InChI is InChI=1S/C22H29ClN2O4S/c1-22(2)21(16-5-4-6-17(23)13-16)11-12-25(22)14-19(26)15-29-20-9-7-18(8-10-20)24(3)30(27)28/h4-10,13,19,21,26H,11-12,14-15H2,1-3H3,(H,27,28)/t19?,21-/m0/s1. The minimum Gasteiger partial charge on any atom is -0.491 e. The lowest BCUT2D eigenvalue weighted by atomic mass is 9.82. The van der Waals surface area contributed by atoms with Gasteiger partial charge in [0, 0.05) is 30.1 Å². The summed E-state index contributed by atoms with van der Waals surface area (Å²) >= 11 is 4.11. The van der Waals surface area contributed by atoms with Crippen LogP contribution in [0.15, 0.2) is 48.5 Å². The molecule has 1 fully saturated rings. The summed E-state index contributed by atoms with van der Waals surface area (Å²) in [4.78, 5) is 2.31. The van der Waals surface area contributed by atoms with Crippen LogP contribution in [0, 0.1) is 0 Å². The van der Waals surface area contributed by atoms with Crippen LogP contribution >= 0.6 is 11.6 Å². The molecule has 0 spiro atoms. The molecule has 6 nitrogen and oxygen atoms in total. The van der Waals surface area contributed by atoms with E-state index in [1.165, 1.54) is 16.9 Å². The van der Waals surface area contributed by atoms with Crippen LogP contribution in [0.3, 0.4) is 0 Å². The van der Waals surface area contributed by atoms with E-state index in [-0.39, 0.29) is 12.1 Å². The number of anilines is 1. The summed E-state index contributed by atoms with van der Waals surface area (Å²) in [6, 6.07) is 14.9. The molecular weight excluding hydrogens is 424 g/mol. The molecule has 3 rings (SSSR count). The van der Waals surface area contributed by atoms with E-state index in [2.05, 4.69) is 24.8 Å². The molecule has 2 N–H and O–H groups in total. The summed E-state index contributed by atoms with van der Waals surface area (Å²) in [6.45, 7) is 6.02. The molecule has 8 heteroatoms. The lowest BCUT2D eigenvalue weighted by molar-refractivity contribution is 0.0433. The Morgan fingerprint density at radius 1 is 1.30 bits per heavy atom. The minimum atomic E-state index is -2.07. The number of likely N-dealkylation sites (tertiary alicyclic amines) is 1. The molecule has 1 saturated heterocycles. The lowest BCUT2D eigenvalue weighted by Gasteiger charge is -2.37. The molecule has 1 aliphatic rings. The number of β-amino-alcohol motifs (C(OH)–C–C–N with tert-alkyl or cyclic N) is 1. The maximum atomic E-state index is 11.1. The molecule has 0 aromatic heterocycles. The van der Waals surface area contributed by atoms with Crippen molar-refractivity contribution in [2.75, 3.05) is 31.0 Å². The number of hydrogen-bond acceptors (Lipinski definition) is 4. The summed E-state index contributed by atoms with van der Waals surface area (Å²) < 4.78 is 27.2. The van der Waals surface area contributed by atoms with E-state index >= 15 is 0 Å². The third-order valence-corrected chi connectivity index (χ3v) is 6.83. The number of ether oxygens (including phenoxy) is 1. The predicted molar refractivity (Wildman–Crippen MR) is 122 cm³/mol. The molecule has 30 heavy (non-hydrogen) atoms. The van der Waals surface area contributed by atoms with Gasteiger partial charge in [-0.05, 0) is 68.8 Å². The van der Waals surface area contributed by atoms with Gasteiger partial charge < -0.3 is 9.84 Å². The fraction of sp³-hybridized carbons (Fsp3) is 0.455. The van der Waals surface area contributed by atoms with Gasteiger partial charge in [-0.2, -0.15) is 0 Å². The zero-order valence-electron chi connectivity index (χ0n) is 17.5. The third kappa shape index (κ3) is 5.34. The number of halogens is 1. The Balaban J connectivity index is 1.55. The third-order valence-electron chi connectivity index (χ3n) is 5.91. The Labute approximate surface area is 185 Å². The van der Waals surface area contributed by atoms with E-state index < -0.39 is 17.4 Å². The van der Waals surface area contributed by atoms with Gasteiger partial charge >= 0.3 is 0 Å². The van der Waals surface area contributed by atoms with Crippen LogP contribution in [0.5, 0.6) is 5.75 Å². The van der Waals surface area contributed by atoms with Crippen molar-refractivity contribution in [1.29, 1.82) is 0 Å². The molecule has 0 radical (unpaired) electrons. The second kappa shape index (κ2) is 9.66. The molecule has 1 aliphatic heterocycles. The summed E-state index contributed by atoms with van der Waals surface area (Å²) in [7, 11) is 1.53. The minimum absolute atomic E-state index is 0.0994. The topological polar surface area (TPSA) is 73.2 Å². The first kappa shape index (κ1) is 23.0. The van der Waals surface area contributed by atoms with E-state index in [0.717, 1.165) is 18.0 Å². The molecule has 3 atom stereocenters. The van der Waals surface area contributed by atoms with Gasteiger partial charge in [0.2, 0.25) is 0 Å². The van der Waals surface area contributed by atoms with Crippen molar-refractivity contribution < 1.29 is 18.6 Å². The Bertz CT molecular complexity index is 878. The van der Waals surface area contributed by atoms with Gasteiger partial charge in [0.05, 0.1) is 5.69 Å². The van der Waals surface area contributed by atoms with Crippen LogP contribution in [0.1, 0.15) is 31.7 Å². The first-order valence-electron chi connectivity index (χ1n) is 9.94. The van der Waals surface area contributed by atoms with Crippen molar-refractivity contribution in [3.63, 3.8) is 0 Å². The summed E-state index contributed by atoms with van der Waals surface area (Å²) in [5.74, 6) is 0.957. The average Bonchev–Trinajstić information content (AvgIpc) is 3.00. The Morgan fingerprint density at radius 3 is 2.63 bits per heavy atom. The maximum Gasteiger partial charge on any atom is 0.261 e. The molecule has 2 unspecified atom stereocenters. The van der Waals surface area contributed by atoms with Gasteiger partial charge in [0.1, 0.15) is 18.5 Å². The van der Waals surface area contributed by atoms with Gasteiger partial charge in [-0.3, -0.25) is 13.8 Å². The molecule has 0 bridgehead atoms. The van der Waals surface area contributed by atoms with Gasteiger partial charge in [0.25, 0.3) is 11.3 Å². The van der Waals surface area contributed by atoms with E-state index in [9.17, 15) is 9.32 Å². The van der Waals surface area contributed by atoms with E-state index in [4.69, 9.17) is 20.9 Å². The van der Waals surface area contributed by atoms with E-state index in [1.807, 2.05) is 18.2 Å². The van der Waals surface area contributed by atoms with Crippen molar-refractivity contribution in [3.8, 4) is 5.75 Å². The summed E-state index contributed by atoms with van der Waals surface area (Å²) in [5.41, 5.74) is 1.74. The zero-order valence-corrected chi connectivity index (χ0v) is 19.1. The molecular formula is C22H29ClN2O4S. The smallest absolute Gasteiger partial charge is 0.261 e. The summed E-state index contributed by atoms with van der Waals surface area (Å²) in [6.07, 6.45) is 0.386. The molecule has 2 aromatic carbocycles. The Kier molecular flexibility index (Phi) is 7.42. The number of rotatable bonds is 8. The van der Waals surface area contributed by atoms with Crippen LogP contribution in [0.25, 0.3) is 0 Å². The summed E-state index contributed by atoms with van der Waals surface area (Å²) in [5, 5.41) is 11.3. The van der Waals surface area contributed by atoms with Crippen LogP contribution in [0.4, 0.5) is 5.69 Å². The maximum absolute atomic E-state index is 11.1. The molecule has 0 aliphatic carbocycles. The lowest BCUT2D eigenvalue weighted by Crippen LogP contribution is -2.46. The highest BCUT2D eigenvalue weighted by molar-refractivity contribution is 7.80. The van der Waals surface area contributed by atoms with Crippen molar-refractivity contribution in [2.45, 2.75) is 37.8 Å². The normalized spacial score (nSPS) is 20.7. The molecule has 0 amide bonds. The first-order chi connectivity index (χ1) is 14.2. The van der Waals surface area contributed by atoms with Crippen molar-refractivity contribution in [1.82, 2.24) is 4.90 Å². The average molecular weight is 453 g/mol. The van der Waals surface area contributed by atoms with Crippen LogP contribution in [-0.4, -0.2) is 57.2 Å². The number of nitrogens with zero attached hydrogens (tertiary/aromatic N) is 2. The van der Waals surface area contributed by atoms with Crippen molar-refractivity contribution in [3.05, 3.63) is 59.1 Å². The predicted octanol–water partition coefficient (Wildman–Crippen LogP) is 3.92. The van der Waals surface area contributed by atoms with Gasteiger partial charge in [0.15, 0.2) is 0 Å². The monoisotopic (exact) mass is 452 g/mol. The highest BCUT2D eigenvalue weighted by Gasteiger charge is 2.42. The first-order valence-corrected chi connectivity index (χ1v) is 11.4. The van der Waals surface area contributed by atoms with Crippen LogP contribution in [0.2, 0.25) is 5.02 Å². The molecule has 0 saturated carbocycles. The van der Waals surface area contributed by atoms with Gasteiger partial charge in [-0.15, -0.1) is 0 Å². The Morgan fingerprint density at radius 2 is 2.00 bits per heavy atom. The fourth-order valence-electron chi connectivity index (χ4n) is 4.11. The SMILES string of the molecule is CN(c1ccc(OCC(O)CN2CC[C@@H](c3cccc(Cl)c3)C2(C)C)cc1)S(=O)O. The number of benzene rings is 2. The second-order valence-electron chi connectivity index (χ2n) is 8.18. The van der Waals surface area contributed by atoms with Gasteiger partial charge in [-0.1, -0.05) is 23.7 Å². The Hall–Kier alpha value is -1.64. The van der Waals surface area contributed by atoms with Crippen molar-refractivity contribution in [2.24, 2.45) is 0 Å². The highest BCUT2D eigenvalue weighted by Crippen LogP contribution is 2.42.